The van der Waals surface area contributed by atoms with Crippen LogP contribution in [0.15, 0.2) is 23.0 Å². The summed E-state index contributed by atoms with van der Waals surface area (Å²) in [6.07, 6.45) is 2.92. The number of aryl methyl sites for hydroxylation is 1. The van der Waals surface area contributed by atoms with Crippen molar-refractivity contribution in [3.05, 3.63) is 50.1 Å². The Morgan fingerprint density at radius 3 is 2.41 bits per heavy atom. The summed E-state index contributed by atoms with van der Waals surface area (Å²) in [4.78, 5) is 28.4. The molecule has 0 saturated heterocycles. The number of hydrogen-bond acceptors (Lipinski definition) is 5. The number of anilines is 1. The zero-order chi connectivity index (χ0) is 24.8. The van der Waals surface area contributed by atoms with E-state index in [0.29, 0.717) is 16.1 Å². The number of thiophene rings is 1. The van der Waals surface area contributed by atoms with E-state index in [4.69, 9.17) is 0 Å². The second-order valence-corrected chi connectivity index (χ2v) is 12.3. The quantitative estimate of drug-likeness (QED) is 0.494. The standard InChI is InChI=1S/C27H36N4O2S/c1-15(2)18-9-8-10-19(16(3)4)24(18)28-22(32)14-31-26(33)23-20-12-11-17(27(5,6)7)13-21(20)34-25(23)29-30-31/h8-10,15-17H,11-14H2,1-7H3,(H,28,32)/t17-/m1/s1. The first-order chi connectivity index (χ1) is 16.0. The van der Waals surface area contributed by atoms with Gasteiger partial charge in [-0.3, -0.25) is 9.59 Å². The molecule has 1 atom stereocenters. The molecule has 0 aliphatic heterocycles. The Hall–Kier alpha value is -2.54. The highest BCUT2D eigenvalue weighted by atomic mass is 32.1. The molecule has 182 valence electrons. The van der Waals surface area contributed by atoms with Gasteiger partial charge in [0.05, 0.1) is 5.39 Å². The minimum atomic E-state index is -0.261. The molecule has 34 heavy (non-hydrogen) atoms. The number of benzene rings is 1. The van der Waals surface area contributed by atoms with Crippen molar-refractivity contribution in [3.63, 3.8) is 0 Å². The molecule has 2 heterocycles. The topological polar surface area (TPSA) is 76.9 Å². The highest BCUT2D eigenvalue weighted by Crippen LogP contribution is 2.41. The second kappa shape index (κ2) is 9.25. The average Bonchev–Trinajstić information content (AvgIpc) is 3.13. The van der Waals surface area contributed by atoms with Gasteiger partial charge < -0.3 is 5.32 Å². The van der Waals surface area contributed by atoms with Crippen LogP contribution in [0.5, 0.6) is 0 Å². The van der Waals surface area contributed by atoms with Gasteiger partial charge in [-0.1, -0.05) is 71.9 Å². The third-order valence-corrected chi connectivity index (χ3v) is 8.23. The van der Waals surface area contributed by atoms with E-state index in [1.54, 1.807) is 11.3 Å². The van der Waals surface area contributed by atoms with E-state index in [2.05, 4.69) is 64.1 Å². The lowest BCUT2D eigenvalue weighted by atomic mass is 9.72. The van der Waals surface area contributed by atoms with E-state index >= 15 is 0 Å². The molecule has 1 aliphatic rings. The van der Waals surface area contributed by atoms with Gasteiger partial charge in [-0.2, -0.15) is 0 Å². The monoisotopic (exact) mass is 480 g/mol. The Morgan fingerprint density at radius 2 is 1.82 bits per heavy atom. The van der Waals surface area contributed by atoms with Gasteiger partial charge in [0.15, 0.2) is 4.83 Å². The molecule has 0 unspecified atom stereocenters. The molecule has 0 radical (unpaired) electrons. The number of aromatic nitrogens is 3. The summed E-state index contributed by atoms with van der Waals surface area (Å²) in [7, 11) is 0. The summed E-state index contributed by atoms with van der Waals surface area (Å²) in [5.74, 6) is 0.858. The van der Waals surface area contributed by atoms with Gasteiger partial charge in [-0.05, 0) is 59.1 Å². The predicted octanol–water partition coefficient (Wildman–Crippen LogP) is 5.89. The van der Waals surface area contributed by atoms with Crippen LogP contribution in [0.25, 0.3) is 10.2 Å². The fourth-order valence-electron chi connectivity index (χ4n) is 4.98. The summed E-state index contributed by atoms with van der Waals surface area (Å²) < 4.78 is 1.22. The molecule has 6 nitrogen and oxygen atoms in total. The highest BCUT2D eigenvalue weighted by Gasteiger charge is 2.32. The van der Waals surface area contributed by atoms with Gasteiger partial charge in [-0.15, -0.1) is 16.4 Å². The summed E-state index contributed by atoms with van der Waals surface area (Å²) in [6.45, 7) is 15.1. The molecule has 1 N–H and O–H groups in total. The molecule has 0 spiro atoms. The molecule has 7 heteroatoms. The first kappa shape index (κ1) is 24.6. The van der Waals surface area contributed by atoms with Crippen molar-refractivity contribution >= 4 is 33.1 Å². The molecule has 1 amide bonds. The van der Waals surface area contributed by atoms with Gasteiger partial charge in [-0.25, -0.2) is 4.68 Å². The maximum Gasteiger partial charge on any atom is 0.279 e. The van der Waals surface area contributed by atoms with E-state index in [9.17, 15) is 9.59 Å². The van der Waals surface area contributed by atoms with E-state index in [1.165, 1.54) is 9.56 Å². The number of hydrogen-bond donors (Lipinski definition) is 1. The number of nitrogens with one attached hydrogen (secondary N) is 1. The van der Waals surface area contributed by atoms with E-state index in [1.807, 2.05) is 18.2 Å². The van der Waals surface area contributed by atoms with Crippen molar-refractivity contribution in [2.75, 3.05) is 5.32 Å². The van der Waals surface area contributed by atoms with Gasteiger partial charge in [0.25, 0.3) is 5.56 Å². The van der Waals surface area contributed by atoms with Gasteiger partial charge >= 0.3 is 0 Å². The van der Waals surface area contributed by atoms with E-state index in [0.717, 1.165) is 41.6 Å². The van der Waals surface area contributed by atoms with Crippen LogP contribution < -0.4 is 10.9 Å². The fraction of sp³-hybridized carbons (Fsp3) is 0.556. The minimum Gasteiger partial charge on any atom is -0.324 e. The first-order valence-electron chi connectivity index (χ1n) is 12.3. The molecular weight excluding hydrogens is 444 g/mol. The van der Waals surface area contributed by atoms with Crippen molar-refractivity contribution in [2.24, 2.45) is 11.3 Å². The van der Waals surface area contributed by atoms with Crippen molar-refractivity contribution in [2.45, 2.75) is 86.1 Å². The smallest absolute Gasteiger partial charge is 0.279 e. The third-order valence-electron chi connectivity index (χ3n) is 7.09. The van der Waals surface area contributed by atoms with Crippen LogP contribution in [0.1, 0.15) is 88.3 Å². The minimum absolute atomic E-state index is 0.152. The van der Waals surface area contributed by atoms with Crippen LogP contribution in [-0.4, -0.2) is 20.9 Å². The second-order valence-electron chi connectivity index (χ2n) is 11.2. The molecular formula is C27H36N4O2S. The average molecular weight is 481 g/mol. The number of para-hydroxylation sites is 1. The van der Waals surface area contributed by atoms with Crippen molar-refractivity contribution in [3.8, 4) is 0 Å². The fourth-order valence-corrected chi connectivity index (χ4v) is 6.21. The van der Waals surface area contributed by atoms with Crippen molar-refractivity contribution < 1.29 is 4.79 Å². The normalized spacial score (nSPS) is 16.3. The molecule has 3 aromatic rings. The van der Waals surface area contributed by atoms with Gasteiger partial charge in [0.1, 0.15) is 6.54 Å². The van der Waals surface area contributed by atoms with Crippen molar-refractivity contribution in [1.29, 1.82) is 0 Å². The highest BCUT2D eigenvalue weighted by molar-refractivity contribution is 7.18. The Bertz CT molecular complexity index is 1250. The molecule has 1 aliphatic carbocycles. The largest absolute Gasteiger partial charge is 0.324 e. The molecule has 2 aromatic heterocycles. The Balaban J connectivity index is 1.63. The lowest BCUT2D eigenvalue weighted by Crippen LogP contribution is -2.31. The Labute approximate surface area is 205 Å². The lowest BCUT2D eigenvalue weighted by Gasteiger charge is -2.33. The number of carbonyl (C=O) groups excluding carboxylic acids is 1. The van der Waals surface area contributed by atoms with Crippen LogP contribution in [-0.2, 0) is 24.2 Å². The summed E-state index contributed by atoms with van der Waals surface area (Å²) in [6, 6.07) is 6.13. The third kappa shape index (κ3) is 4.67. The lowest BCUT2D eigenvalue weighted by molar-refractivity contribution is -0.117. The number of fused-ring (bicyclic) bond motifs is 3. The predicted molar refractivity (Wildman–Crippen MR) is 140 cm³/mol. The molecule has 4 rings (SSSR count). The van der Waals surface area contributed by atoms with E-state index < -0.39 is 0 Å². The first-order valence-corrected chi connectivity index (χ1v) is 13.1. The van der Waals surface area contributed by atoms with Crippen LogP contribution in [0.4, 0.5) is 5.69 Å². The van der Waals surface area contributed by atoms with E-state index in [-0.39, 0.29) is 35.3 Å². The zero-order valence-electron chi connectivity index (χ0n) is 21.4. The summed E-state index contributed by atoms with van der Waals surface area (Å²) in [5.41, 5.74) is 4.16. The summed E-state index contributed by atoms with van der Waals surface area (Å²) in [5, 5.41) is 12.2. The van der Waals surface area contributed by atoms with Crippen LogP contribution in [0.2, 0.25) is 0 Å². The number of rotatable bonds is 5. The van der Waals surface area contributed by atoms with Crippen LogP contribution in [0, 0.1) is 11.3 Å². The Morgan fingerprint density at radius 1 is 1.18 bits per heavy atom. The number of amides is 1. The van der Waals surface area contributed by atoms with Gasteiger partial charge in [0.2, 0.25) is 5.91 Å². The molecule has 0 fully saturated rings. The maximum atomic E-state index is 13.4. The van der Waals surface area contributed by atoms with Gasteiger partial charge in [0, 0.05) is 10.6 Å². The molecule has 0 bridgehead atoms. The SMILES string of the molecule is CC(C)c1cccc(C(C)C)c1NC(=O)Cn1nnc2sc3c(c2c1=O)CC[C@@H](C(C)(C)C)C3. The Kier molecular flexibility index (Phi) is 6.69. The molecule has 0 saturated carbocycles. The maximum absolute atomic E-state index is 13.4. The van der Waals surface area contributed by atoms with Crippen molar-refractivity contribution in [1.82, 2.24) is 15.0 Å². The number of nitrogens with zero attached hydrogens (tertiary/aromatic N) is 3. The number of carbonyl (C=O) groups is 1. The summed E-state index contributed by atoms with van der Waals surface area (Å²) >= 11 is 1.59. The van der Waals surface area contributed by atoms with Crippen LogP contribution in [0.3, 0.4) is 0 Å². The zero-order valence-corrected chi connectivity index (χ0v) is 22.2. The molecule has 1 aromatic carbocycles. The van der Waals surface area contributed by atoms with Crippen LogP contribution >= 0.6 is 11.3 Å².